The van der Waals surface area contributed by atoms with Crippen LogP contribution in [-0.4, -0.2) is 42.9 Å². The van der Waals surface area contributed by atoms with E-state index in [-0.39, 0.29) is 0 Å². The van der Waals surface area contributed by atoms with Crippen molar-refractivity contribution >= 4 is 11.6 Å². The number of rotatable bonds is 8. The van der Waals surface area contributed by atoms with E-state index in [2.05, 4.69) is 27.5 Å². The van der Waals surface area contributed by atoms with Crippen LogP contribution in [0.3, 0.4) is 0 Å². The van der Waals surface area contributed by atoms with Crippen LogP contribution in [0.15, 0.2) is 6.07 Å². The van der Waals surface area contributed by atoms with E-state index in [1.165, 1.54) is 0 Å². The molecular formula is C14H24N4O2. The summed E-state index contributed by atoms with van der Waals surface area (Å²) in [7, 11) is 3.41. The van der Waals surface area contributed by atoms with E-state index in [1.54, 1.807) is 14.2 Å². The second-order valence-electron chi connectivity index (χ2n) is 5.08. The molecule has 0 saturated heterocycles. The topological polar surface area (TPSA) is 68.3 Å². The first kappa shape index (κ1) is 15.0. The summed E-state index contributed by atoms with van der Waals surface area (Å²) < 4.78 is 10.4. The summed E-state index contributed by atoms with van der Waals surface area (Å²) in [5.41, 5.74) is 0. The molecule has 0 atom stereocenters. The number of ether oxygens (including phenoxy) is 2. The van der Waals surface area contributed by atoms with E-state index >= 15 is 0 Å². The highest BCUT2D eigenvalue weighted by atomic mass is 16.5. The number of aromatic nitrogens is 2. The van der Waals surface area contributed by atoms with Gasteiger partial charge in [0.1, 0.15) is 18.2 Å². The van der Waals surface area contributed by atoms with Gasteiger partial charge in [-0.3, -0.25) is 0 Å². The van der Waals surface area contributed by atoms with E-state index in [0.29, 0.717) is 24.6 Å². The minimum atomic E-state index is 0.380. The zero-order valence-corrected chi connectivity index (χ0v) is 12.5. The molecule has 112 valence electrons. The van der Waals surface area contributed by atoms with Gasteiger partial charge in [-0.25, -0.2) is 9.97 Å². The fourth-order valence-corrected chi connectivity index (χ4v) is 2.19. The lowest BCUT2D eigenvalue weighted by atomic mass is 9.89. The third-order valence-corrected chi connectivity index (χ3v) is 3.38. The molecule has 0 radical (unpaired) electrons. The Kier molecular flexibility index (Phi) is 5.55. The van der Waals surface area contributed by atoms with Gasteiger partial charge in [-0.05, 0) is 19.3 Å². The third kappa shape index (κ3) is 4.05. The predicted octanol–water partition coefficient (Wildman–Crippen LogP) is 2.03. The molecule has 0 unspecified atom stereocenters. The zero-order valence-electron chi connectivity index (χ0n) is 12.5. The number of methoxy groups -OCH3 is 2. The SMILES string of the molecule is CCCNc1cc(NC2CC(OC)C2)nc(COC)n1. The van der Waals surface area contributed by atoms with Crippen LogP contribution >= 0.6 is 0 Å². The van der Waals surface area contributed by atoms with E-state index < -0.39 is 0 Å². The minimum absolute atomic E-state index is 0.380. The van der Waals surface area contributed by atoms with Crippen LogP contribution in [0, 0.1) is 0 Å². The van der Waals surface area contributed by atoms with Crippen molar-refractivity contribution in [2.45, 2.75) is 44.9 Å². The van der Waals surface area contributed by atoms with Crippen molar-refractivity contribution in [1.82, 2.24) is 9.97 Å². The van der Waals surface area contributed by atoms with Gasteiger partial charge >= 0.3 is 0 Å². The van der Waals surface area contributed by atoms with E-state index in [9.17, 15) is 0 Å². The summed E-state index contributed by atoms with van der Waals surface area (Å²) in [4.78, 5) is 8.91. The third-order valence-electron chi connectivity index (χ3n) is 3.38. The van der Waals surface area contributed by atoms with Gasteiger partial charge in [-0.15, -0.1) is 0 Å². The lowest BCUT2D eigenvalue weighted by Gasteiger charge is -2.35. The van der Waals surface area contributed by atoms with Gasteiger partial charge in [0.25, 0.3) is 0 Å². The van der Waals surface area contributed by atoms with Gasteiger partial charge in [-0.1, -0.05) is 6.92 Å². The quantitative estimate of drug-likeness (QED) is 0.759. The molecule has 2 rings (SSSR count). The molecule has 2 N–H and O–H groups in total. The number of hydrogen-bond donors (Lipinski definition) is 2. The van der Waals surface area contributed by atoms with Crippen LogP contribution in [-0.2, 0) is 16.1 Å². The summed E-state index contributed by atoms with van der Waals surface area (Å²) in [6, 6.07) is 2.39. The monoisotopic (exact) mass is 280 g/mol. The predicted molar refractivity (Wildman–Crippen MR) is 79.0 cm³/mol. The Morgan fingerprint density at radius 3 is 2.65 bits per heavy atom. The van der Waals surface area contributed by atoms with Crippen LogP contribution in [0.4, 0.5) is 11.6 Å². The Hall–Kier alpha value is -1.40. The average Bonchev–Trinajstić information content (AvgIpc) is 2.40. The first-order valence-corrected chi connectivity index (χ1v) is 7.15. The van der Waals surface area contributed by atoms with Gasteiger partial charge in [0.2, 0.25) is 0 Å². The first-order chi connectivity index (χ1) is 9.75. The van der Waals surface area contributed by atoms with Gasteiger partial charge in [0.05, 0.1) is 6.10 Å². The van der Waals surface area contributed by atoms with Gasteiger partial charge in [0, 0.05) is 32.9 Å². The Morgan fingerprint density at radius 2 is 2.00 bits per heavy atom. The second-order valence-corrected chi connectivity index (χ2v) is 5.08. The maximum atomic E-state index is 5.29. The van der Waals surface area contributed by atoms with Crippen molar-refractivity contribution in [3.05, 3.63) is 11.9 Å². The molecule has 1 saturated carbocycles. The van der Waals surface area contributed by atoms with Crippen molar-refractivity contribution in [3.63, 3.8) is 0 Å². The maximum Gasteiger partial charge on any atom is 0.158 e. The summed E-state index contributed by atoms with van der Waals surface area (Å²) in [6.07, 6.45) is 3.49. The van der Waals surface area contributed by atoms with E-state index in [1.807, 2.05) is 6.07 Å². The molecule has 0 amide bonds. The molecule has 1 heterocycles. The molecule has 1 fully saturated rings. The molecule has 1 aliphatic rings. The number of nitrogens with zero attached hydrogens (tertiary/aromatic N) is 2. The molecule has 6 nitrogen and oxygen atoms in total. The lowest BCUT2D eigenvalue weighted by Crippen LogP contribution is -2.40. The highest BCUT2D eigenvalue weighted by molar-refractivity contribution is 5.48. The average molecular weight is 280 g/mol. The molecule has 1 aromatic rings. The first-order valence-electron chi connectivity index (χ1n) is 7.15. The van der Waals surface area contributed by atoms with Crippen LogP contribution < -0.4 is 10.6 Å². The van der Waals surface area contributed by atoms with Gasteiger partial charge in [-0.2, -0.15) is 0 Å². The molecular weight excluding hydrogens is 256 g/mol. The Labute approximate surface area is 120 Å². The standard InChI is InChI=1S/C14H24N4O2/c1-4-5-15-12-8-13(18-14(17-12)9-19-2)16-10-6-11(7-10)20-3/h8,10-11H,4-7,9H2,1-3H3,(H2,15,16,17,18). The van der Waals surface area contributed by atoms with E-state index in [4.69, 9.17) is 9.47 Å². The van der Waals surface area contributed by atoms with Crippen molar-refractivity contribution in [2.75, 3.05) is 31.4 Å². The molecule has 1 aromatic heterocycles. The fraction of sp³-hybridized carbons (Fsp3) is 0.714. The second kappa shape index (κ2) is 7.40. The smallest absolute Gasteiger partial charge is 0.158 e. The highest BCUT2D eigenvalue weighted by Crippen LogP contribution is 2.26. The van der Waals surface area contributed by atoms with Crippen LogP contribution in [0.2, 0.25) is 0 Å². The molecule has 0 aromatic carbocycles. The molecule has 6 heteroatoms. The molecule has 0 spiro atoms. The molecule has 0 bridgehead atoms. The Morgan fingerprint density at radius 1 is 1.25 bits per heavy atom. The Bertz CT molecular complexity index is 422. The summed E-state index contributed by atoms with van der Waals surface area (Å²) in [6.45, 7) is 3.45. The van der Waals surface area contributed by atoms with Crippen molar-refractivity contribution < 1.29 is 9.47 Å². The molecule has 0 aliphatic heterocycles. The van der Waals surface area contributed by atoms with Gasteiger partial charge in [0.15, 0.2) is 5.82 Å². The highest BCUT2D eigenvalue weighted by Gasteiger charge is 2.29. The number of anilines is 2. The largest absolute Gasteiger partial charge is 0.381 e. The van der Waals surface area contributed by atoms with Crippen molar-refractivity contribution in [2.24, 2.45) is 0 Å². The summed E-state index contributed by atoms with van der Waals surface area (Å²) >= 11 is 0. The summed E-state index contributed by atoms with van der Waals surface area (Å²) in [5, 5.41) is 6.72. The Balaban J connectivity index is 2.00. The van der Waals surface area contributed by atoms with Crippen molar-refractivity contribution in [1.29, 1.82) is 0 Å². The molecule has 20 heavy (non-hydrogen) atoms. The van der Waals surface area contributed by atoms with E-state index in [0.717, 1.165) is 37.4 Å². The number of hydrogen-bond acceptors (Lipinski definition) is 6. The van der Waals surface area contributed by atoms with Crippen LogP contribution in [0.1, 0.15) is 32.0 Å². The zero-order chi connectivity index (χ0) is 14.4. The number of nitrogens with one attached hydrogen (secondary N) is 2. The lowest BCUT2D eigenvalue weighted by molar-refractivity contribution is 0.0328. The normalized spacial score (nSPS) is 21.4. The minimum Gasteiger partial charge on any atom is -0.381 e. The molecule has 1 aliphatic carbocycles. The fourth-order valence-electron chi connectivity index (χ4n) is 2.19. The van der Waals surface area contributed by atoms with Crippen LogP contribution in [0.5, 0.6) is 0 Å². The maximum absolute atomic E-state index is 5.29. The van der Waals surface area contributed by atoms with Gasteiger partial charge < -0.3 is 20.1 Å². The summed E-state index contributed by atoms with van der Waals surface area (Å²) in [5.74, 6) is 2.39. The van der Waals surface area contributed by atoms with Crippen LogP contribution in [0.25, 0.3) is 0 Å². The van der Waals surface area contributed by atoms with Crippen molar-refractivity contribution in [3.8, 4) is 0 Å².